The van der Waals surface area contributed by atoms with Crippen LogP contribution in [0.25, 0.3) is 0 Å². The van der Waals surface area contributed by atoms with Crippen molar-refractivity contribution in [2.24, 2.45) is 0 Å². The van der Waals surface area contributed by atoms with E-state index in [9.17, 15) is 4.79 Å². The van der Waals surface area contributed by atoms with Crippen LogP contribution in [0.1, 0.15) is 6.92 Å². The van der Waals surface area contributed by atoms with Crippen LogP contribution in [0.15, 0.2) is 15.9 Å². The number of nitrogens with one attached hydrogen (secondary N) is 1. The van der Waals surface area contributed by atoms with E-state index >= 15 is 0 Å². The highest BCUT2D eigenvalue weighted by atomic mass is 32.2. The summed E-state index contributed by atoms with van der Waals surface area (Å²) in [6.45, 7) is 2.03. The lowest BCUT2D eigenvalue weighted by molar-refractivity contribution is 0.931. The third-order valence-corrected chi connectivity index (χ3v) is 2.22. The molecular formula is C8H13N3OS. The summed E-state index contributed by atoms with van der Waals surface area (Å²) in [7, 11) is 3.69. The molecule has 0 bridgehead atoms. The lowest BCUT2D eigenvalue weighted by Gasteiger charge is -2.10. The number of thioether (sulfide) groups is 1. The fraction of sp³-hybridized carbons (Fsp3) is 0.500. The molecule has 0 spiro atoms. The first-order valence-corrected chi connectivity index (χ1v) is 5.03. The SMILES string of the molecule is CCSc1cc(=O)[nH]c(N(C)C)n1. The molecule has 1 N–H and O–H groups in total. The Morgan fingerprint density at radius 1 is 1.62 bits per heavy atom. The summed E-state index contributed by atoms with van der Waals surface area (Å²) in [6, 6.07) is 1.52. The Morgan fingerprint density at radius 3 is 2.85 bits per heavy atom. The molecule has 0 aromatic carbocycles. The highest BCUT2D eigenvalue weighted by Crippen LogP contribution is 2.13. The Morgan fingerprint density at radius 2 is 2.31 bits per heavy atom. The van der Waals surface area contributed by atoms with E-state index in [1.54, 1.807) is 16.7 Å². The molecular weight excluding hydrogens is 186 g/mol. The van der Waals surface area contributed by atoms with Crippen LogP contribution in [0.4, 0.5) is 5.95 Å². The first-order valence-electron chi connectivity index (χ1n) is 4.05. The molecule has 0 amide bonds. The van der Waals surface area contributed by atoms with E-state index in [-0.39, 0.29) is 5.56 Å². The summed E-state index contributed by atoms with van der Waals surface area (Å²) in [4.78, 5) is 19.8. The normalized spacial score (nSPS) is 10.1. The van der Waals surface area contributed by atoms with Crippen molar-refractivity contribution in [3.05, 3.63) is 16.4 Å². The van der Waals surface area contributed by atoms with Crippen LogP contribution < -0.4 is 10.5 Å². The molecule has 5 heteroatoms. The first-order chi connectivity index (χ1) is 6.13. The number of hydrogen-bond acceptors (Lipinski definition) is 4. The van der Waals surface area contributed by atoms with E-state index in [2.05, 4.69) is 9.97 Å². The van der Waals surface area contributed by atoms with Crippen molar-refractivity contribution >= 4 is 17.7 Å². The van der Waals surface area contributed by atoms with Crippen molar-refractivity contribution in [2.45, 2.75) is 11.9 Å². The third kappa shape index (κ3) is 2.77. The van der Waals surface area contributed by atoms with Gasteiger partial charge in [-0.05, 0) is 5.75 Å². The molecule has 0 saturated carbocycles. The number of anilines is 1. The predicted molar refractivity (Wildman–Crippen MR) is 55.6 cm³/mol. The standard InChI is InChI=1S/C8H13N3OS/c1-4-13-7-5-6(12)9-8(10-7)11(2)3/h5H,4H2,1-3H3,(H,9,10,12). The Bertz CT molecular complexity index is 334. The predicted octanol–water partition coefficient (Wildman–Crippen LogP) is 0.948. The van der Waals surface area contributed by atoms with Gasteiger partial charge in [0, 0.05) is 20.2 Å². The number of H-pyrrole nitrogens is 1. The zero-order chi connectivity index (χ0) is 9.84. The Balaban J connectivity index is 3.04. The molecule has 1 aromatic rings. The van der Waals surface area contributed by atoms with Gasteiger partial charge in [0.15, 0.2) is 0 Å². The van der Waals surface area contributed by atoms with Crippen molar-refractivity contribution in [1.29, 1.82) is 0 Å². The molecule has 1 heterocycles. The van der Waals surface area contributed by atoms with E-state index in [0.717, 1.165) is 10.8 Å². The van der Waals surface area contributed by atoms with E-state index in [1.807, 2.05) is 21.0 Å². The monoisotopic (exact) mass is 199 g/mol. The van der Waals surface area contributed by atoms with Crippen LogP contribution in [0.3, 0.4) is 0 Å². The van der Waals surface area contributed by atoms with Crippen LogP contribution >= 0.6 is 11.8 Å². The lowest BCUT2D eigenvalue weighted by Crippen LogP contribution is -2.18. The number of aromatic amines is 1. The van der Waals surface area contributed by atoms with Gasteiger partial charge in [0.2, 0.25) is 5.95 Å². The Hall–Kier alpha value is -0.970. The van der Waals surface area contributed by atoms with Crippen molar-refractivity contribution in [3.8, 4) is 0 Å². The van der Waals surface area contributed by atoms with Gasteiger partial charge in [0.05, 0.1) is 0 Å². The number of nitrogens with zero attached hydrogens (tertiary/aromatic N) is 2. The second-order valence-corrected chi connectivity index (χ2v) is 4.02. The summed E-state index contributed by atoms with van der Waals surface area (Å²) < 4.78 is 0. The van der Waals surface area contributed by atoms with Gasteiger partial charge in [-0.15, -0.1) is 11.8 Å². The molecule has 0 aliphatic carbocycles. The minimum absolute atomic E-state index is 0.102. The summed E-state index contributed by atoms with van der Waals surface area (Å²) >= 11 is 1.56. The molecule has 1 rings (SSSR count). The number of rotatable bonds is 3. The molecule has 0 saturated heterocycles. The molecule has 4 nitrogen and oxygen atoms in total. The van der Waals surface area contributed by atoms with E-state index in [1.165, 1.54) is 6.07 Å². The maximum Gasteiger partial charge on any atom is 0.253 e. The van der Waals surface area contributed by atoms with E-state index in [4.69, 9.17) is 0 Å². The van der Waals surface area contributed by atoms with Crippen LogP contribution in [0.2, 0.25) is 0 Å². The molecule has 0 atom stereocenters. The van der Waals surface area contributed by atoms with Gasteiger partial charge in [0.1, 0.15) is 5.03 Å². The zero-order valence-electron chi connectivity index (χ0n) is 8.00. The molecule has 0 radical (unpaired) electrons. The Labute approximate surface area is 81.4 Å². The van der Waals surface area contributed by atoms with E-state index in [0.29, 0.717) is 5.95 Å². The average Bonchev–Trinajstić information content (AvgIpc) is 2.03. The molecule has 0 aliphatic rings. The van der Waals surface area contributed by atoms with Gasteiger partial charge in [-0.2, -0.15) is 0 Å². The Kier molecular flexibility index (Phi) is 3.36. The van der Waals surface area contributed by atoms with Crippen LogP contribution in [0.5, 0.6) is 0 Å². The van der Waals surface area contributed by atoms with Gasteiger partial charge in [-0.1, -0.05) is 6.92 Å². The highest BCUT2D eigenvalue weighted by molar-refractivity contribution is 7.99. The molecule has 0 fully saturated rings. The fourth-order valence-electron chi connectivity index (χ4n) is 0.857. The molecule has 0 unspecified atom stereocenters. The summed E-state index contributed by atoms with van der Waals surface area (Å²) in [6.07, 6.45) is 0. The van der Waals surface area contributed by atoms with Gasteiger partial charge < -0.3 is 4.90 Å². The summed E-state index contributed by atoms with van der Waals surface area (Å²) in [5.41, 5.74) is -0.102. The largest absolute Gasteiger partial charge is 0.348 e. The van der Waals surface area contributed by atoms with Crippen molar-refractivity contribution in [3.63, 3.8) is 0 Å². The highest BCUT2D eigenvalue weighted by Gasteiger charge is 2.01. The minimum Gasteiger partial charge on any atom is -0.348 e. The maximum absolute atomic E-state index is 11.2. The number of aromatic nitrogens is 2. The number of hydrogen-bond donors (Lipinski definition) is 1. The van der Waals surface area contributed by atoms with Crippen molar-refractivity contribution < 1.29 is 0 Å². The fourth-order valence-corrected chi connectivity index (χ4v) is 1.49. The summed E-state index contributed by atoms with van der Waals surface area (Å²) in [5.74, 6) is 1.52. The summed E-state index contributed by atoms with van der Waals surface area (Å²) in [5, 5.41) is 0.773. The molecule has 0 aliphatic heterocycles. The molecule has 13 heavy (non-hydrogen) atoms. The van der Waals surface area contributed by atoms with Crippen LogP contribution in [-0.4, -0.2) is 29.8 Å². The lowest BCUT2D eigenvalue weighted by atomic mass is 10.6. The van der Waals surface area contributed by atoms with E-state index < -0.39 is 0 Å². The van der Waals surface area contributed by atoms with Crippen LogP contribution in [-0.2, 0) is 0 Å². The van der Waals surface area contributed by atoms with Crippen molar-refractivity contribution in [1.82, 2.24) is 9.97 Å². The molecule has 72 valence electrons. The maximum atomic E-state index is 11.2. The van der Waals surface area contributed by atoms with Crippen molar-refractivity contribution in [2.75, 3.05) is 24.7 Å². The molecule has 1 aromatic heterocycles. The van der Waals surface area contributed by atoms with Gasteiger partial charge in [0.25, 0.3) is 5.56 Å². The second-order valence-electron chi connectivity index (χ2n) is 2.73. The second kappa shape index (κ2) is 4.32. The topological polar surface area (TPSA) is 49.0 Å². The van der Waals surface area contributed by atoms with Crippen LogP contribution in [0, 0.1) is 0 Å². The minimum atomic E-state index is -0.102. The van der Waals surface area contributed by atoms with Gasteiger partial charge >= 0.3 is 0 Å². The average molecular weight is 199 g/mol. The zero-order valence-corrected chi connectivity index (χ0v) is 8.81. The third-order valence-electron chi connectivity index (χ3n) is 1.42. The smallest absolute Gasteiger partial charge is 0.253 e. The van der Waals surface area contributed by atoms with Gasteiger partial charge in [-0.25, -0.2) is 4.98 Å². The first kappa shape index (κ1) is 10.1. The quantitative estimate of drug-likeness (QED) is 0.581. The van der Waals surface area contributed by atoms with Gasteiger partial charge in [-0.3, -0.25) is 9.78 Å².